The maximum Gasteiger partial charge on any atom is 0.336 e. The van der Waals surface area contributed by atoms with Gasteiger partial charge in [0.1, 0.15) is 24.1 Å². The summed E-state index contributed by atoms with van der Waals surface area (Å²) >= 11 is 0. The van der Waals surface area contributed by atoms with E-state index in [-0.39, 0.29) is 18.8 Å². The Morgan fingerprint density at radius 2 is 1.71 bits per heavy atom. The number of esters is 1. The number of nitrogens with zero attached hydrogens (tertiary/aromatic N) is 1. The molecule has 6 nitrogen and oxygen atoms in total. The molecular weight excluding hydrogens is 442 g/mol. The van der Waals surface area contributed by atoms with E-state index in [1.165, 1.54) is 6.07 Å². The number of carbonyl (C=O) groups excluding carboxylic acids is 1. The molecule has 0 N–H and O–H groups in total. The zero-order chi connectivity index (χ0) is 24.4. The first-order valence-electron chi connectivity index (χ1n) is 11.8. The largest absolute Gasteiger partial charge is 0.478 e. The van der Waals surface area contributed by atoms with Gasteiger partial charge in [-0.3, -0.25) is 9.69 Å². The van der Waals surface area contributed by atoms with E-state index < -0.39 is 11.7 Å². The van der Waals surface area contributed by atoms with Crippen LogP contribution < -0.4 is 10.4 Å². The average Bonchev–Trinajstić information content (AvgIpc) is 2.87. The Hall–Kier alpha value is -3.90. The van der Waals surface area contributed by atoms with Crippen LogP contribution in [-0.2, 0) is 22.5 Å². The lowest BCUT2D eigenvalue weighted by Gasteiger charge is -2.34. The third kappa shape index (κ3) is 4.84. The molecule has 4 aromatic rings. The van der Waals surface area contributed by atoms with Gasteiger partial charge in [0.05, 0.1) is 11.7 Å². The summed E-state index contributed by atoms with van der Waals surface area (Å²) in [5, 5.41) is 0.823. The molecule has 0 amide bonds. The maximum atomic E-state index is 13.1. The summed E-state index contributed by atoms with van der Waals surface area (Å²) in [6.45, 7) is 4.30. The van der Waals surface area contributed by atoms with Gasteiger partial charge >= 0.3 is 11.6 Å². The molecule has 0 saturated carbocycles. The molecule has 0 saturated heterocycles. The summed E-state index contributed by atoms with van der Waals surface area (Å²) in [5.74, 6) is 0.348. The van der Waals surface area contributed by atoms with Crippen molar-refractivity contribution in [1.82, 2.24) is 4.90 Å². The van der Waals surface area contributed by atoms with Gasteiger partial charge in [-0.15, -0.1) is 0 Å². The van der Waals surface area contributed by atoms with Gasteiger partial charge in [0.25, 0.3) is 0 Å². The highest BCUT2D eigenvalue weighted by molar-refractivity contribution is 5.95. The van der Waals surface area contributed by atoms with Crippen LogP contribution in [0.4, 0.5) is 0 Å². The van der Waals surface area contributed by atoms with Crippen molar-refractivity contribution in [3.8, 4) is 16.9 Å². The summed E-state index contributed by atoms with van der Waals surface area (Å²) in [5.41, 5.74) is 3.56. The lowest BCUT2D eigenvalue weighted by atomic mass is 9.98. The van der Waals surface area contributed by atoms with E-state index >= 15 is 0 Å². The van der Waals surface area contributed by atoms with Crippen LogP contribution in [0.5, 0.6) is 5.75 Å². The molecule has 35 heavy (non-hydrogen) atoms. The minimum Gasteiger partial charge on any atom is -0.478 e. The molecule has 5 rings (SSSR count). The highest BCUT2D eigenvalue weighted by atomic mass is 16.5. The molecule has 0 radical (unpaired) electrons. The molecule has 178 valence electrons. The number of ether oxygens (including phenoxy) is 2. The average molecular weight is 470 g/mol. The predicted molar refractivity (Wildman–Crippen MR) is 134 cm³/mol. The van der Waals surface area contributed by atoms with Crippen LogP contribution in [0, 0.1) is 0 Å². The number of fused-ring (bicyclic) bond motifs is 3. The zero-order valence-electron chi connectivity index (χ0n) is 19.8. The van der Waals surface area contributed by atoms with Crippen LogP contribution in [0.1, 0.15) is 25.0 Å². The van der Waals surface area contributed by atoms with Gasteiger partial charge in [-0.1, -0.05) is 60.7 Å². The van der Waals surface area contributed by atoms with Crippen molar-refractivity contribution >= 4 is 16.9 Å². The topological polar surface area (TPSA) is 69.0 Å². The minimum absolute atomic E-state index is 0.228. The predicted octanol–water partition coefficient (Wildman–Crippen LogP) is 5.17. The molecule has 0 aliphatic carbocycles. The van der Waals surface area contributed by atoms with Crippen LogP contribution in [0.25, 0.3) is 22.1 Å². The van der Waals surface area contributed by atoms with Gasteiger partial charge in [-0.2, -0.15) is 0 Å². The minimum atomic E-state index is -0.549. The quantitative estimate of drug-likeness (QED) is 0.287. The number of hydrogen-bond donors (Lipinski definition) is 0. The Morgan fingerprint density at radius 3 is 2.43 bits per heavy atom. The van der Waals surface area contributed by atoms with Gasteiger partial charge in [0.15, 0.2) is 0 Å². The van der Waals surface area contributed by atoms with E-state index in [9.17, 15) is 9.59 Å². The number of rotatable bonds is 6. The van der Waals surface area contributed by atoms with Crippen molar-refractivity contribution < 1.29 is 18.7 Å². The fraction of sp³-hybridized carbons (Fsp3) is 0.241. The van der Waals surface area contributed by atoms with Crippen LogP contribution >= 0.6 is 0 Å². The second-order valence-corrected chi connectivity index (χ2v) is 8.98. The first-order valence-corrected chi connectivity index (χ1v) is 11.8. The SMILES string of the molecule is CC(C)OC(=O)C(Cc1ccccc1)N1COc2ccc3c(-c4ccccc4)cc(=O)oc3c2C1. The van der Waals surface area contributed by atoms with Crippen LogP contribution in [0.2, 0.25) is 0 Å². The lowest BCUT2D eigenvalue weighted by molar-refractivity contribution is -0.156. The van der Waals surface area contributed by atoms with E-state index in [1.807, 2.05) is 91.5 Å². The number of hydrogen-bond acceptors (Lipinski definition) is 6. The fourth-order valence-electron chi connectivity index (χ4n) is 4.52. The van der Waals surface area contributed by atoms with Crippen LogP contribution in [0.15, 0.2) is 88.1 Å². The van der Waals surface area contributed by atoms with Crippen molar-refractivity contribution in [2.45, 2.75) is 39.0 Å². The highest BCUT2D eigenvalue weighted by Crippen LogP contribution is 2.36. The van der Waals surface area contributed by atoms with E-state index in [0.29, 0.717) is 24.3 Å². The summed E-state index contributed by atoms with van der Waals surface area (Å²) < 4.78 is 17.4. The fourth-order valence-corrected chi connectivity index (χ4v) is 4.52. The maximum absolute atomic E-state index is 13.1. The van der Waals surface area contributed by atoms with Crippen molar-refractivity contribution in [1.29, 1.82) is 0 Å². The molecular formula is C29H27NO5. The van der Waals surface area contributed by atoms with E-state index in [2.05, 4.69) is 0 Å². The van der Waals surface area contributed by atoms with Gasteiger partial charge in [0, 0.05) is 18.0 Å². The molecule has 0 fully saturated rings. The standard InChI is InChI=1S/C29H27NO5/c1-19(2)34-29(32)25(15-20-9-5-3-6-10-20)30-17-24-26(33-18-30)14-13-22-23(16-27(31)35-28(22)24)21-11-7-4-8-12-21/h3-14,16,19,25H,15,17-18H2,1-2H3. The summed E-state index contributed by atoms with van der Waals surface area (Å²) in [7, 11) is 0. The van der Waals surface area contributed by atoms with Gasteiger partial charge in [-0.25, -0.2) is 4.79 Å². The van der Waals surface area contributed by atoms with E-state index in [1.54, 1.807) is 0 Å². The molecule has 6 heteroatoms. The Kier molecular flexibility index (Phi) is 6.38. The molecule has 1 aromatic heterocycles. The highest BCUT2D eigenvalue weighted by Gasteiger charge is 2.33. The second-order valence-electron chi connectivity index (χ2n) is 8.98. The molecule has 0 bridgehead atoms. The summed E-state index contributed by atoms with van der Waals surface area (Å²) in [6, 6.07) is 24.4. The Balaban J connectivity index is 1.55. The number of benzene rings is 3. The molecule has 1 atom stereocenters. The smallest absolute Gasteiger partial charge is 0.336 e. The first kappa shape index (κ1) is 22.9. The van der Waals surface area contributed by atoms with Crippen molar-refractivity contribution in [2.75, 3.05) is 6.73 Å². The summed E-state index contributed by atoms with van der Waals surface area (Å²) in [4.78, 5) is 27.6. The molecule has 3 aromatic carbocycles. The normalized spacial score (nSPS) is 14.4. The molecule has 1 aliphatic heterocycles. The van der Waals surface area contributed by atoms with E-state index in [4.69, 9.17) is 13.9 Å². The van der Waals surface area contributed by atoms with Crippen molar-refractivity contribution in [3.05, 3.63) is 100 Å². The van der Waals surface area contributed by atoms with Gasteiger partial charge in [0.2, 0.25) is 0 Å². The summed E-state index contributed by atoms with van der Waals surface area (Å²) in [6.07, 6.45) is 0.251. The second kappa shape index (κ2) is 9.76. The van der Waals surface area contributed by atoms with Gasteiger partial charge < -0.3 is 13.9 Å². The Bertz CT molecular complexity index is 1400. The third-order valence-corrected chi connectivity index (χ3v) is 6.14. The Morgan fingerprint density at radius 1 is 1.00 bits per heavy atom. The van der Waals surface area contributed by atoms with Crippen LogP contribution in [0.3, 0.4) is 0 Å². The third-order valence-electron chi connectivity index (χ3n) is 6.14. The van der Waals surface area contributed by atoms with Crippen molar-refractivity contribution in [3.63, 3.8) is 0 Å². The first-order chi connectivity index (χ1) is 17.0. The van der Waals surface area contributed by atoms with Crippen molar-refractivity contribution in [2.24, 2.45) is 0 Å². The van der Waals surface area contributed by atoms with E-state index in [0.717, 1.165) is 27.6 Å². The monoisotopic (exact) mass is 469 g/mol. The number of carbonyl (C=O) groups is 1. The molecule has 1 aliphatic rings. The van der Waals surface area contributed by atoms with Gasteiger partial charge in [-0.05, 0) is 49.1 Å². The van der Waals surface area contributed by atoms with Crippen LogP contribution in [-0.4, -0.2) is 29.7 Å². The molecule has 0 spiro atoms. The molecule has 1 unspecified atom stereocenters. The zero-order valence-corrected chi connectivity index (χ0v) is 19.8. The Labute approximate surface area is 203 Å². The lowest BCUT2D eigenvalue weighted by Crippen LogP contribution is -2.47. The molecule has 2 heterocycles.